The minimum absolute atomic E-state index is 0.0343. The van der Waals surface area contributed by atoms with Gasteiger partial charge in [0, 0.05) is 18.0 Å². The molecule has 9 heteroatoms. The Balaban J connectivity index is 1.33. The summed E-state index contributed by atoms with van der Waals surface area (Å²) in [6.45, 7) is 1.42. The van der Waals surface area contributed by atoms with Crippen molar-refractivity contribution in [3.05, 3.63) is 54.7 Å². The van der Waals surface area contributed by atoms with Crippen LogP contribution in [0.4, 0.5) is 0 Å². The first-order valence-corrected chi connectivity index (χ1v) is 8.71. The standard InChI is InChI=1S/C18H16N6O3/c1-3-13(18-21-16(22-27-18)12-5-7-19-8-6-12)24(9-1)11-15-20-17(23-26-15)14-4-2-10-25-14/h2,4-8,10,13H,1,3,9,11H2/t13-/m0/s1. The zero-order valence-corrected chi connectivity index (χ0v) is 14.4. The fraction of sp³-hybridized carbons (Fsp3) is 0.278. The van der Waals surface area contributed by atoms with Crippen molar-refractivity contribution < 1.29 is 13.5 Å². The van der Waals surface area contributed by atoms with Gasteiger partial charge in [-0.05, 0) is 43.7 Å². The summed E-state index contributed by atoms with van der Waals surface area (Å²) in [5, 5.41) is 8.08. The molecule has 0 radical (unpaired) electrons. The molecule has 0 N–H and O–H groups in total. The molecule has 1 aliphatic rings. The number of aromatic nitrogens is 5. The molecule has 0 saturated carbocycles. The average Bonchev–Trinajstić information content (AvgIpc) is 3.48. The minimum Gasteiger partial charge on any atom is -0.461 e. The molecule has 1 aliphatic heterocycles. The molecule has 4 aromatic rings. The highest BCUT2D eigenvalue weighted by atomic mass is 16.5. The van der Waals surface area contributed by atoms with E-state index < -0.39 is 0 Å². The fourth-order valence-corrected chi connectivity index (χ4v) is 3.28. The topological polar surface area (TPSA) is 107 Å². The lowest BCUT2D eigenvalue weighted by Gasteiger charge is -2.18. The van der Waals surface area contributed by atoms with Gasteiger partial charge in [0.15, 0.2) is 5.76 Å². The van der Waals surface area contributed by atoms with E-state index in [1.807, 2.05) is 12.1 Å². The Morgan fingerprint density at radius 1 is 1.04 bits per heavy atom. The number of furan rings is 1. The van der Waals surface area contributed by atoms with Gasteiger partial charge < -0.3 is 13.5 Å². The van der Waals surface area contributed by atoms with Crippen LogP contribution in [0.5, 0.6) is 0 Å². The lowest BCUT2D eigenvalue weighted by atomic mass is 10.2. The van der Waals surface area contributed by atoms with Crippen molar-refractivity contribution in [2.75, 3.05) is 6.54 Å². The summed E-state index contributed by atoms with van der Waals surface area (Å²) in [6.07, 6.45) is 6.98. The first-order valence-electron chi connectivity index (χ1n) is 8.71. The van der Waals surface area contributed by atoms with Crippen LogP contribution in [-0.4, -0.2) is 36.7 Å². The second-order valence-electron chi connectivity index (χ2n) is 6.31. The van der Waals surface area contributed by atoms with Gasteiger partial charge >= 0.3 is 0 Å². The van der Waals surface area contributed by atoms with E-state index in [0.717, 1.165) is 24.9 Å². The summed E-state index contributed by atoms with van der Waals surface area (Å²) < 4.78 is 16.2. The van der Waals surface area contributed by atoms with Crippen molar-refractivity contribution >= 4 is 0 Å². The molecule has 0 aromatic carbocycles. The third-order valence-electron chi connectivity index (χ3n) is 4.58. The number of nitrogens with zero attached hydrogens (tertiary/aromatic N) is 6. The molecule has 27 heavy (non-hydrogen) atoms. The summed E-state index contributed by atoms with van der Waals surface area (Å²) in [7, 11) is 0. The molecule has 5 rings (SSSR count). The van der Waals surface area contributed by atoms with E-state index in [2.05, 4.69) is 30.2 Å². The van der Waals surface area contributed by atoms with Gasteiger partial charge in [0.2, 0.25) is 23.4 Å². The van der Waals surface area contributed by atoms with Crippen LogP contribution in [0.3, 0.4) is 0 Å². The highest BCUT2D eigenvalue weighted by Gasteiger charge is 2.32. The molecule has 1 fully saturated rings. The second-order valence-corrected chi connectivity index (χ2v) is 6.31. The molecule has 4 aromatic heterocycles. The fourth-order valence-electron chi connectivity index (χ4n) is 3.28. The third-order valence-corrected chi connectivity index (χ3v) is 4.58. The van der Waals surface area contributed by atoms with Gasteiger partial charge in [0.25, 0.3) is 0 Å². The predicted molar refractivity (Wildman–Crippen MR) is 91.9 cm³/mol. The van der Waals surface area contributed by atoms with Crippen LogP contribution in [0, 0.1) is 0 Å². The third kappa shape index (κ3) is 3.13. The zero-order valence-electron chi connectivity index (χ0n) is 14.4. The van der Waals surface area contributed by atoms with Crippen LogP contribution in [0.15, 0.2) is 56.4 Å². The summed E-state index contributed by atoms with van der Waals surface area (Å²) in [4.78, 5) is 15.2. The molecule has 136 valence electrons. The molecule has 0 amide bonds. The van der Waals surface area contributed by atoms with Crippen molar-refractivity contribution in [3.63, 3.8) is 0 Å². The van der Waals surface area contributed by atoms with Crippen LogP contribution in [0.1, 0.15) is 30.7 Å². The van der Waals surface area contributed by atoms with E-state index in [1.54, 1.807) is 30.8 Å². The van der Waals surface area contributed by atoms with Gasteiger partial charge in [-0.15, -0.1) is 0 Å². The van der Waals surface area contributed by atoms with E-state index in [0.29, 0.717) is 35.7 Å². The van der Waals surface area contributed by atoms with Crippen LogP contribution < -0.4 is 0 Å². The van der Waals surface area contributed by atoms with Crippen LogP contribution in [0.25, 0.3) is 23.0 Å². The Bertz CT molecular complexity index is 1010. The Morgan fingerprint density at radius 2 is 1.93 bits per heavy atom. The molecule has 0 bridgehead atoms. The van der Waals surface area contributed by atoms with Gasteiger partial charge in [-0.25, -0.2) is 0 Å². The molecule has 5 heterocycles. The van der Waals surface area contributed by atoms with Crippen molar-refractivity contribution in [1.82, 2.24) is 30.2 Å². The van der Waals surface area contributed by atoms with E-state index in [4.69, 9.17) is 13.5 Å². The van der Waals surface area contributed by atoms with Gasteiger partial charge in [0.1, 0.15) is 0 Å². The molecule has 9 nitrogen and oxygen atoms in total. The minimum atomic E-state index is 0.0343. The average molecular weight is 364 g/mol. The largest absolute Gasteiger partial charge is 0.461 e. The lowest BCUT2D eigenvalue weighted by molar-refractivity contribution is 0.179. The number of pyridine rings is 1. The van der Waals surface area contributed by atoms with E-state index in [-0.39, 0.29) is 6.04 Å². The summed E-state index contributed by atoms with van der Waals surface area (Å²) in [6, 6.07) is 7.34. The Morgan fingerprint density at radius 3 is 2.78 bits per heavy atom. The Kier molecular flexibility index (Phi) is 3.98. The SMILES string of the molecule is c1coc(-c2noc(CN3CCC[C@H]3c3nc(-c4ccncc4)no3)n2)c1. The van der Waals surface area contributed by atoms with Gasteiger partial charge in [-0.1, -0.05) is 10.3 Å². The molecule has 1 saturated heterocycles. The molecular weight excluding hydrogens is 348 g/mol. The molecular formula is C18H16N6O3. The zero-order chi connectivity index (χ0) is 18.1. The van der Waals surface area contributed by atoms with Gasteiger partial charge in [-0.2, -0.15) is 9.97 Å². The number of likely N-dealkylation sites (tertiary alicyclic amines) is 1. The smallest absolute Gasteiger partial charge is 0.244 e. The number of hydrogen-bond donors (Lipinski definition) is 0. The number of hydrogen-bond acceptors (Lipinski definition) is 9. The first-order chi connectivity index (χ1) is 13.4. The normalized spacial score (nSPS) is 17.6. The Hall–Kier alpha value is -3.33. The number of rotatable bonds is 5. The molecule has 0 spiro atoms. The highest BCUT2D eigenvalue weighted by molar-refractivity contribution is 5.52. The van der Waals surface area contributed by atoms with Gasteiger partial charge in [0.05, 0.1) is 18.8 Å². The van der Waals surface area contributed by atoms with Crippen molar-refractivity contribution in [2.45, 2.75) is 25.4 Å². The molecule has 0 aliphatic carbocycles. The maximum atomic E-state index is 5.53. The maximum absolute atomic E-state index is 5.53. The predicted octanol–water partition coefficient (Wildman–Crippen LogP) is 3.11. The van der Waals surface area contributed by atoms with Crippen LogP contribution in [-0.2, 0) is 6.54 Å². The summed E-state index contributed by atoms with van der Waals surface area (Å²) >= 11 is 0. The van der Waals surface area contributed by atoms with Crippen LogP contribution >= 0.6 is 0 Å². The summed E-state index contributed by atoms with van der Waals surface area (Å²) in [5.41, 5.74) is 0.879. The monoisotopic (exact) mass is 364 g/mol. The molecule has 0 unspecified atom stereocenters. The van der Waals surface area contributed by atoms with E-state index >= 15 is 0 Å². The highest BCUT2D eigenvalue weighted by Crippen LogP contribution is 2.33. The van der Waals surface area contributed by atoms with Gasteiger partial charge in [-0.3, -0.25) is 9.88 Å². The van der Waals surface area contributed by atoms with Crippen LogP contribution in [0.2, 0.25) is 0 Å². The quantitative estimate of drug-likeness (QED) is 0.528. The van der Waals surface area contributed by atoms with Crippen molar-refractivity contribution in [1.29, 1.82) is 0 Å². The summed E-state index contributed by atoms with van der Waals surface area (Å²) in [5.74, 6) is 2.73. The van der Waals surface area contributed by atoms with E-state index in [9.17, 15) is 0 Å². The van der Waals surface area contributed by atoms with E-state index in [1.165, 1.54) is 0 Å². The first kappa shape index (κ1) is 15.9. The lowest BCUT2D eigenvalue weighted by Crippen LogP contribution is -2.23. The van der Waals surface area contributed by atoms with Crippen molar-refractivity contribution in [2.24, 2.45) is 0 Å². The van der Waals surface area contributed by atoms with Crippen molar-refractivity contribution in [3.8, 4) is 23.0 Å². The molecule has 1 atom stereocenters. The maximum Gasteiger partial charge on any atom is 0.244 e. The Labute approximate surface area is 154 Å². The second kappa shape index (κ2) is 6.76.